The zero-order valence-electron chi connectivity index (χ0n) is 12.2. The number of carbonyl (C=O) groups excluding carboxylic acids is 2. The van der Waals surface area contributed by atoms with Crippen molar-refractivity contribution >= 4 is 11.6 Å². The standard InChI is InChI=1S/C18H16O4/c1-3-7-12-10-14(17(20)15(11-12)22-2)18(21)16(19)13-8-5-4-6-9-13/h3-6,8-11,20H,1,7H2,2H3. The second-order valence-electron chi connectivity index (χ2n) is 4.71. The molecule has 0 amide bonds. The maximum Gasteiger partial charge on any atom is 0.237 e. The molecule has 112 valence electrons. The van der Waals surface area contributed by atoms with E-state index in [0.717, 1.165) is 5.56 Å². The first kappa shape index (κ1) is 15.5. The summed E-state index contributed by atoms with van der Waals surface area (Å²) in [7, 11) is 1.39. The number of Topliss-reactive ketones (excluding diaryl/α,β-unsaturated/α-hetero) is 2. The van der Waals surface area contributed by atoms with Gasteiger partial charge in [0, 0.05) is 5.56 Å². The summed E-state index contributed by atoms with van der Waals surface area (Å²) in [5.41, 5.74) is 0.943. The van der Waals surface area contributed by atoms with Crippen LogP contribution in [0.2, 0.25) is 0 Å². The van der Waals surface area contributed by atoms with E-state index in [9.17, 15) is 14.7 Å². The van der Waals surface area contributed by atoms with E-state index in [1.807, 2.05) is 0 Å². The van der Waals surface area contributed by atoms with Crippen LogP contribution in [0.15, 0.2) is 55.1 Å². The number of ketones is 2. The van der Waals surface area contributed by atoms with Crippen molar-refractivity contribution in [2.24, 2.45) is 0 Å². The van der Waals surface area contributed by atoms with Gasteiger partial charge in [-0.25, -0.2) is 0 Å². The highest BCUT2D eigenvalue weighted by molar-refractivity contribution is 6.49. The molecule has 4 nitrogen and oxygen atoms in total. The van der Waals surface area contributed by atoms with Crippen LogP contribution in [0.1, 0.15) is 26.3 Å². The molecule has 0 fully saturated rings. The molecular weight excluding hydrogens is 280 g/mol. The Labute approximate surface area is 128 Å². The number of hydrogen-bond acceptors (Lipinski definition) is 4. The van der Waals surface area contributed by atoms with Gasteiger partial charge in [-0.1, -0.05) is 36.4 Å². The third kappa shape index (κ3) is 3.06. The number of phenolic OH excluding ortho intramolecular Hbond substituents is 1. The summed E-state index contributed by atoms with van der Waals surface area (Å²) in [6.07, 6.45) is 2.16. The zero-order valence-corrected chi connectivity index (χ0v) is 12.2. The highest BCUT2D eigenvalue weighted by Gasteiger charge is 2.23. The van der Waals surface area contributed by atoms with Crippen LogP contribution in [0, 0.1) is 0 Å². The van der Waals surface area contributed by atoms with E-state index < -0.39 is 11.6 Å². The van der Waals surface area contributed by atoms with E-state index in [1.54, 1.807) is 42.5 Å². The Bertz CT molecular complexity index is 717. The fraction of sp³-hybridized carbons (Fsp3) is 0.111. The number of allylic oxidation sites excluding steroid dienone is 1. The Morgan fingerprint density at radius 3 is 2.45 bits per heavy atom. The minimum Gasteiger partial charge on any atom is -0.504 e. The number of methoxy groups -OCH3 is 1. The van der Waals surface area contributed by atoms with Crippen LogP contribution >= 0.6 is 0 Å². The predicted octanol–water partition coefficient (Wildman–Crippen LogP) is 3.19. The lowest BCUT2D eigenvalue weighted by Gasteiger charge is -2.10. The fourth-order valence-corrected chi connectivity index (χ4v) is 2.12. The Morgan fingerprint density at radius 2 is 1.86 bits per heavy atom. The molecule has 0 aliphatic carbocycles. The second-order valence-corrected chi connectivity index (χ2v) is 4.71. The maximum atomic E-state index is 12.4. The van der Waals surface area contributed by atoms with Gasteiger partial charge in [-0.05, 0) is 24.1 Å². The summed E-state index contributed by atoms with van der Waals surface area (Å²) in [4.78, 5) is 24.6. The zero-order chi connectivity index (χ0) is 16.1. The molecule has 0 saturated carbocycles. The van der Waals surface area contributed by atoms with Crippen molar-refractivity contribution in [1.82, 2.24) is 0 Å². The number of phenols is 1. The number of benzene rings is 2. The lowest BCUT2D eigenvalue weighted by Crippen LogP contribution is -2.15. The molecule has 1 N–H and O–H groups in total. The molecule has 4 heteroatoms. The van der Waals surface area contributed by atoms with Gasteiger partial charge in [0.2, 0.25) is 11.6 Å². The molecule has 0 heterocycles. The lowest BCUT2D eigenvalue weighted by molar-refractivity contribution is 0.0815. The van der Waals surface area contributed by atoms with Crippen LogP contribution < -0.4 is 4.74 Å². The second kappa shape index (κ2) is 6.72. The van der Waals surface area contributed by atoms with Gasteiger partial charge in [-0.15, -0.1) is 6.58 Å². The average molecular weight is 296 g/mol. The van der Waals surface area contributed by atoms with Crippen LogP contribution in [0.4, 0.5) is 0 Å². The highest BCUT2D eigenvalue weighted by Crippen LogP contribution is 2.32. The van der Waals surface area contributed by atoms with Crippen molar-refractivity contribution in [2.45, 2.75) is 6.42 Å². The Balaban J connectivity index is 2.46. The summed E-state index contributed by atoms with van der Waals surface area (Å²) in [5.74, 6) is -1.62. The molecular formula is C18H16O4. The molecule has 2 aromatic carbocycles. The summed E-state index contributed by atoms with van der Waals surface area (Å²) in [5, 5.41) is 10.1. The maximum absolute atomic E-state index is 12.4. The first-order valence-corrected chi connectivity index (χ1v) is 6.73. The number of hydrogen-bond donors (Lipinski definition) is 1. The number of aromatic hydroxyl groups is 1. The summed E-state index contributed by atoms with van der Waals surface area (Å²) in [6.45, 7) is 3.64. The van der Waals surface area contributed by atoms with Crippen LogP contribution in [0.3, 0.4) is 0 Å². The van der Waals surface area contributed by atoms with Gasteiger partial charge >= 0.3 is 0 Å². The van der Waals surface area contributed by atoms with E-state index >= 15 is 0 Å². The number of ether oxygens (including phenoxy) is 1. The van der Waals surface area contributed by atoms with Gasteiger partial charge < -0.3 is 9.84 Å². The molecule has 2 aromatic rings. The van der Waals surface area contributed by atoms with Crippen molar-refractivity contribution in [2.75, 3.05) is 7.11 Å². The van der Waals surface area contributed by atoms with Crippen molar-refractivity contribution in [3.05, 3.63) is 71.8 Å². The summed E-state index contributed by atoms with van der Waals surface area (Å²) >= 11 is 0. The number of carbonyl (C=O) groups is 2. The SMILES string of the molecule is C=CCc1cc(OC)c(O)c(C(=O)C(=O)c2ccccc2)c1. The average Bonchev–Trinajstić information content (AvgIpc) is 2.56. The van der Waals surface area contributed by atoms with E-state index in [1.165, 1.54) is 13.2 Å². The molecule has 0 radical (unpaired) electrons. The summed E-state index contributed by atoms with van der Waals surface area (Å²) < 4.78 is 5.06. The fourth-order valence-electron chi connectivity index (χ4n) is 2.12. The molecule has 0 saturated heterocycles. The van der Waals surface area contributed by atoms with E-state index in [4.69, 9.17) is 4.74 Å². The topological polar surface area (TPSA) is 63.6 Å². The molecule has 0 aliphatic heterocycles. The third-order valence-corrected chi connectivity index (χ3v) is 3.22. The molecule has 22 heavy (non-hydrogen) atoms. The monoisotopic (exact) mass is 296 g/mol. The molecule has 2 rings (SSSR count). The van der Waals surface area contributed by atoms with Crippen LogP contribution in [-0.2, 0) is 6.42 Å². The van der Waals surface area contributed by atoms with Crippen LogP contribution in [0.25, 0.3) is 0 Å². The summed E-state index contributed by atoms with van der Waals surface area (Å²) in [6, 6.07) is 11.3. The van der Waals surface area contributed by atoms with Crippen molar-refractivity contribution in [3.8, 4) is 11.5 Å². The van der Waals surface area contributed by atoms with Crippen molar-refractivity contribution < 1.29 is 19.4 Å². The Kier molecular flexibility index (Phi) is 4.73. The predicted molar refractivity (Wildman–Crippen MR) is 83.7 cm³/mol. The minimum atomic E-state index is -0.770. The first-order valence-electron chi connectivity index (χ1n) is 6.73. The van der Waals surface area contributed by atoms with Gasteiger partial charge in [0.25, 0.3) is 0 Å². The molecule has 0 spiro atoms. The van der Waals surface area contributed by atoms with Crippen molar-refractivity contribution in [1.29, 1.82) is 0 Å². The quantitative estimate of drug-likeness (QED) is 0.505. The van der Waals surface area contributed by atoms with Crippen molar-refractivity contribution in [3.63, 3.8) is 0 Å². The first-order chi connectivity index (χ1) is 10.6. The molecule has 0 unspecified atom stereocenters. The van der Waals surface area contributed by atoms with Gasteiger partial charge in [-0.3, -0.25) is 9.59 Å². The number of rotatable bonds is 6. The molecule has 0 aliphatic rings. The Morgan fingerprint density at radius 1 is 1.18 bits per heavy atom. The third-order valence-electron chi connectivity index (χ3n) is 3.22. The van der Waals surface area contributed by atoms with Gasteiger partial charge in [0.1, 0.15) is 0 Å². The highest BCUT2D eigenvalue weighted by atomic mass is 16.5. The van der Waals surface area contributed by atoms with E-state index in [2.05, 4.69) is 6.58 Å². The molecule has 0 aromatic heterocycles. The van der Waals surface area contributed by atoms with Gasteiger partial charge in [0.15, 0.2) is 11.5 Å². The largest absolute Gasteiger partial charge is 0.504 e. The lowest BCUT2D eigenvalue weighted by atomic mass is 9.97. The Hall–Kier alpha value is -2.88. The van der Waals surface area contributed by atoms with E-state index in [-0.39, 0.29) is 22.6 Å². The van der Waals surface area contributed by atoms with E-state index in [0.29, 0.717) is 6.42 Å². The molecule has 0 atom stereocenters. The van der Waals surface area contributed by atoms with Gasteiger partial charge in [0.05, 0.1) is 12.7 Å². The van der Waals surface area contributed by atoms with Gasteiger partial charge in [-0.2, -0.15) is 0 Å². The normalized spacial score (nSPS) is 10.0. The smallest absolute Gasteiger partial charge is 0.237 e. The van der Waals surface area contributed by atoms with Crippen LogP contribution in [-0.4, -0.2) is 23.8 Å². The minimum absolute atomic E-state index is 0.0648. The molecule has 0 bridgehead atoms. The van der Waals surface area contributed by atoms with Crippen LogP contribution in [0.5, 0.6) is 11.5 Å².